The molecule has 3 nitrogen and oxygen atoms in total. The zero-order valence-corrected chi connectivity index (χ0v) is 17.9. The zero-order chi connectivity index (χ0) is 19.1. The molecule has 0 aromatic heterocycles. The van der Waals surface area contributed by atoms with Gasteiger partial charge in [0.15, 0.2) is 5.78 Å². The fraction of sp³-hybridized carbons (Fsp3) is 0.818. The molecule has 4 rings (SSSR count). The van der Waals surface area contributed by atoms with Crippen molar-refractivity contribution in [1.29, 1.82) is 0 Å². The van der Waals surface area contributed by atoms with Crippen molar-refractivity contribution in [2.45, 2.75) is 76.6 Å². The molecule has 0 aliphatic heterocycles. The second-order valence-corrected chi connectivity index (χ2v) is 11.3. The molecule has 0 saturated heterocycles. The van der Waals surface area contributed by atoms with Crippen LogP contribution in [0.5, 0.6) is 0 Å². The average molecular weight is 423 g/mol. The molecule has 0 unspecified atom stereocenters. The first-order valence-corrected chi connectivity index (χ1v) is 11.0. The van der Waals surface area contributed by atoms with Crippen molar-refractivity contribution in [2.75, 3.05) is 0 Å². The SMILES string of the molecule is CC(=O)[C@H]1[C@H](C)C[C@H]2[C@@H]3CCC4=CC(=O)CC[C@]4(C)[C@@]3(Br)[C@@H](O)C[C@@]21C. The zero-order valence-electron chi connectivity index (χ0n) is 16.3. The molecule has 0 spiro atoms. The van der Waals surface area contributed by atoms with E-state index in [9.17, 15) is 14.7 Å². The minimum Gasteiger partial charge on any atom is -0.392 e. The van der Waals surface area contributed by atoms with Crippen LogP contribution in [0.15, 0.2) is 11.6 Å². The first-order chi connectivity index (χ1) is 12.1. The van der Waals surface area contributed by atoms with Crippen molar-refractivity contribution in [3.63, 3.8) is 0 Å². The fourth-order valence-corrected chi connectivity index (χ4v) is 8.97. The minimum atomic E-state index is -0.497. The number of alkyl halides is 1. The standard InChI is InChI=1S/C22H31BrO3/c1-12-9-17-16-6-5-14-10-15(25)7-8-21(14,4)22(16,23)18(26)11-20(17,3)19(12)13(2)24/h10,12,16-19,26H,5-9,11H2,1-4H3/t12-,16+,17+,18+,19-,20+,21+,22+/m1/s1. The molecular formula is C22H31BrO3. The molecule has 0 aromatic rings. The number of carbonyl (C=O) groups excluding carboxylic acids is 2. The van der Waals surface area contributed by atoms with Crippen LogP contribution in [-0.2, 0) is 9.59 Å². The van der Waals surface area contributed by atoms with Gasteiger partial charge in [-0.25, -0.2) is 0 Å². The van der Waals surface area contributed by atoms with Gasteiger partial charge in [0.25, 0.3) is 0 Å². The molecule has 144 valence electrons. The van der Waals surface area contributed by atoms with Gasteiger partial charge in [0.1, 0.15) is 5.78 Å². The molecule has 3 fully saturated rings. The normalized spacial score (nSPS) is 53.4. The summed E-state index contributed by atoms with van der Waals surface area (Å²) in [4.78, 5) is 24.5. The van der Waals surface area contributed by atoms with Crippen LogP contribution in [-0.4, -0.2) is 27.1 Å². The van der Waals surface area contributed by atoms with Crippen LogP contribution in [0.25, 0.3) is 0 Å². The second kappa shape index (κ2) is 5.76. The summed E-state index contributed by atoms with van der Waals surface area (Å²) >= 11 is 4.11. The number of aliphatic hydroxyl groups is 1. The predicted molar refractivity (Wildman–Crippen MR) is 105 cm³/mol. The van der Waals surface area contributed by atoms with Gasteiger partial charge in [0.05, 0.1) is 10.4 Å². The van der Waals surface area contributed by atoms with Gasteiger partial charge in [-0.15, -0.1) is 0 Å². The van der Waals surface area contributed by atoms with Crippen LogP contribution in [0.3, 0.4) is 0 Å². The van der Waals surface area contributed by atoms with E-state index in [1.807, 2.05) is 6.08 Å². The molecule has 8 atom stereocenters. The van der Waals surface area contributed by atoms with Gasteiger partial charge >= 0.3 is 0 Å². The van der Waals surface area contributed by atoms with Gasteiger partial charge in [-0.3, -0.25) is 9.59 Å². The van der Waals surface area contributed by atoms with Gasteiger partial charge in [-0.2, -0.15) is 0 Å². The maximum absolute atomic E-state index is 12.5. The summed E-state index contributed by atoms with van der Waals surface area (Å²) in [6.45, 7) is 8.44. The Kier molecular flexibility index (Phi) is 4.18. The number of aliphatic hydroxyl groups excluding tert-OH is 1. The van der Waals surface area contributed by atoms with Crippen LogP contribution in [0.1, 0.15) is 66.2 Å². The first-order valence-electron chi connectivity index (χ1n) is 10.2. The second-order valence-electron chi connectivity index (χ2n) is 10.0. The van der Waals surface area contributed by atoms with Gasteiger partial charge in [0, 0.05) is 17.8 Å². The molecule has 26 heavy (non-hydrogen) atoms. The van der Waals surface area contributed by atoms with E-state index in [0.29, 0.717) is 30.6 Å². The lowest BCUT2D eigenvalue weighted by Gasteiger charge is -2.64. The van der Waals surface area contributed by atoms with E-state index in [2.05, 4.69) is 36.7 Å². The third kappa shape index (κ3) is 2.15. The number of allylic oxidation sites excluding steroid dienone is 1. The van der Waals surface area contributed by atoms with Gasteiger partial charge in [-0.05, 0) is 68.3 Å². The van der Waals surface area contributed by atoms with Crippen LogP contribution >= 0.6 is 15.9 Å². The number of fused-ring (bicyclic) bond motifs is 5. The molecule has 3 saturated carbocycles. The van der Waals surface area contributed by atoms with Crippen molar-refractivity contribution >= 4 is 27.5 Å². The highest BCUT2D eigenvalue weighted by molar-refractivity contribution is 9.10. The highest BCUT2D eigenvalue weighted by Gasteiger charge is 2.70. The molecule has 0 radical (unpaired) electrons. The summed E-state index contributed by atoms with van der Waals surface area (Å²) in [6.07, 6.45) is 6.42. The summed E-state index contributed by atoms with van der Waals surface area (Å²) in [5.41, 5.74) is 0.926. The number of carbonyl (C=O) groups is 2. The molecule has 0 bridgehead atoms. The van der Waals surface area contributed by atoms with Crippen molar-refractivity contribution in [1.82, 2.24) is 0 Å². The largest absolute Gasteiger partial charge is 0.392 e. The Bertz CT molecular complexity index is 700. The molecule has 4 aliphatic carbocycles. The van der Waals surface area contributed by atoms with Crippen molar-refractivity contribution in [3.8, 4) is 0 Å². The quantitative estimate of drug-likeness (QED) is 0.634. The Labute approximate surface area is 165 Å². The lowest BCUT2D eigenvalue weighted by Crippen LogP contribution is -2.66. The van der Waals surface area contributed by atoms with E-state index in [-0.39, 0.29) is 32.6 Å². The number of halogens is 1. The molecule has 0 amide bonds. The summed E-state index contributed by atoms with van der Waals surface area (Å²) < 4.78 is -0.389. The van der Waals surface area contributed by atoms with Crippen LogP contribution in [0, 0.1) is 34.5 Å². The molecule has 0 heterocycles. The Morgan fingerprint density at radius 2 is 1.96 bits per heavy atom. The van der Waals surface area contributed by atoms with Crippen LogP contribution < -0.4 is 0 Å². The molecule has 4 heteroatoms. The predicted octanol–water partition coefficient (Wildman–Crippen LogP) is 4.46. The summed E-state index contributed by atoms with van der Waals surface area (Å²) in [7, 11) is 0. The number of Topliss-reactive ketones (excluding diaryl/α,β-unsaturated/α-hetero) is 1. The van der Waals surface area contributed by atoms with E-state index in [4.69, 9.17) is 0 Å². The lowest BCUT2D eigenvalue weighted by atomic mass is 9.45. The van der Waals surface area contributed by atoms with E-state index in [0.717, 1.165) is 25.7 Å². The maximum Gasteiger partial charge on any atom is 0.155 e. The third-order valence-electron chi connectivity index (χ3n) is 8.82. The highest BCUT2D eigenvalue weighted by atomic mass is 79.9. The number of ketones is 2. The summed E-state index contributed by atoms with van der Waals surface area (Å²) in [5.74, 6) is 1.73. The Hall–Kier alpha value is -0.480. The summed E-state index contributed by atoms with van der Waals surface area (Å²) in [5, 5.41) is 11.5. The maximum atomic E-state index is 12.5. The number of hydrogen-bond donors (Lipinski definition) is 1. The highest BCUT2D eigenvalue weighted by Crippen LogP contribution is 2.71. The lowest BCUT2D eigenvalue weighted by molar-refractivity contribution is -0.136. The topological polar surface area (TPSA) is 54.4 Å². The molecule has 1 N–H and O–H groups in total. The van der Waals surface area contributed by atoms with E-state index < -0.39 is 6.10 Å². The summed E-state index contributed by atoms with van der Waals surface area (Å²) in [6, 6.07) is 0. The first kappa shape index (κ1) is 18.9. The van der Waals surface area contributed by atoms with E-state index >= 15 is 0 Å². The molecule has 0 aromatic carbocycles. The molecule has 4 aliphatic rings. The monoisotopic (exact) mass is 422 g/mol. The van der Waals surface area contributed by atoms with Crippen molar-refractivity contribution in [2.24, 2.45) is 34.5 Å². The minimum absolute atomic E-state index is 0.0527. The smallest absolute Gasteiger partial charge is 0.155 e. The number of hydrogen-bond acceptors (Lipinski definition) is 3. The Morgan fingerprint density at radius 1 is 1.27 bits per heavy atom. The van der Waals surface area contributed by atoms with Crippen LogP contribution in [0.2, 0.25) is 0 Å². The van der Waals surface area contributed by atoms with Crippen LogP contribution in [0.4, 0.5) is 0 Å². The number of rotatable bonds is 1. The Morgan fingerprint density at radius 3 is 2.62 bits per heavy atom. The molecular weight excluding hydrogens is 392 g/mol. The third-order valence-corrected chi connectivity index (χ3v) is 10.8. The Balaban J connectivity index is 1.81. The van der Waals surface area contributed by atoms with Crippen molar-refractivity contribution in [3.05, 3.63) is 11.6 Å². The fourth-order valence-electron chi connectivity index (χ4n) is 7.80. The average Bonchev–Trinajstić information content (AvgIpc) is 2.80. The van der Waals surface area contributed by atoms with E-state index in [1.165, 1.54) is 5.57 Å². The van der Waals surface area contributed by atoms with Gasteiger partial charge in [0.2, 0.25) is 0 Å². The van der Waals surface area contributed by atoms with E-state index in [1.54, 1.807) is 6.92 Å². The van der Waals surface area contributed by atoms with Gasteiger partial charge in [-0.1, -0.05) is 42.3 Å². The van der Waals surface area contributed by atoms with Crippen molar-refractivity contribution < 1.29 is 14.7 Å². The van der Waals surface area contributed by atoms with Gasteiger partial charge < -0.3 is 5.11 Å².